The fourth-order valence-corrected chi connectivity index (χ4v) is 14.1. The van der Waals surface area contributed by atoms with Gasteiger partial charge in [-0.3, -0.25) is 9.13 Å². The molecule has 0 spiro atoms. The molecule has 0 bridgehead atoms. The van der Waals surface area contributed by atoms with Crippen molar-refractivity contribution < 1.29 is 0 Å². The van der Waals surface area contributed by atoms with E-state index in [1.165, 1.54) is 76.3 Å². The Hall–Kier alpha value is -12.8. The second-order valence-corrected chi connectivity index (χ2v) is 23.7. The molecule has 94 heavy (non-hydrogen) atoms. The van der Waals surface area contributed by atoms with Crippen molar-refractivity contribution in [2.45, 2.75) is 0 Å². The molecular formula is C86H56N8. The van der Waals surface area contributed by atoms with Crippen LogP contribution in [0.25, 0.3) is 167 Å². The highest BCUT2D eigenvalue weighted by Gasteiger charge is 2.25. The summed E-state index contributed by atoms with van der Waals surface area (Å²) in [5.74, 6) is 1.30. The predicted molar refractivity (Wildman–Crippen MR) is 389 cm³/mol. The van der Waals surface area contributed by atoms with Crippen LogP contribution in [0, 0.1) is 0 Å². The molecule has 0 saturated carbocycles. The zero-order valence-electron chi connectivity index (χ0n) is 50.9. The number of benzene rings is 13. The van der Waals surface area contributed by atoms with Gasteiger partial charge in [0.1, 0.15) is 0 Å². The lowest BCUT2D eigenvalue weighted by atomic mass is 10.0. The second kappa shape index (κ2) is 22.6. The maximum atomic E-state index is 5.32. The SMILES string of the molecule is c1ccc(-c2cc(-c3ccccc3)nc(-n3c4ccccc4c4c5c6ccccc6n(-c6ccccc6)c5ccc43)n2)cc1.c1ccc(-c2ccc(-c3cc(-c4ccccc4)nc(-n4c5ccccc5c5c6c7ccccc7n(-c7ccccc7)c6ccc54)n3)cc2)cc1. The van der Waals surface area contributed by atoms with Gasteiger partial charge in [0.05, 0.1) is 66.9 Å². The molecule has 440 valence electrons. The Kier molecular flexibility index (Phi) is 13.0. The van der Waals surface area contributed by atoms with Crippen LogP contribution >= 0.6 is 0 Å². The first-order valence-corrected chi connectivity index (χ1v) is 31.8. The van der Waals surface area contributed by atoms with E-state index in [4.69, 9.17) is 19.9 Å². The topological polar surface area (TPSA) is 71.3 Å². The summed E-state index contributed by atoms with van der Waals surface area (Å²) in [7, 11) is 0. The molecule has 8 nitrogen and oxygen atoms in total. The average Bonchev–Trinajstić information content (AvgIpc) is 1.55. The molecule has 19 aromatic rings. The molecule has 0 fully saturated rings. The lowest BCUT2D eigenvalue weighted by Crippen LogP contribution is -2.04. The summed E-state index contributed by atoms with van der Waals surface area (Å²) in [4.78, 5) is 21.0. The fraction of sp³-hybridized carbons (Fsp3) is 0. The summed E-state index contributed by atoms with van der Waals surface area (Å²) < 4.78 is 9.22. The highest BCUT2D eigenvalue weighted by Crippen LogP contribution is 2.45. The van der Waals surface area contributed by atoms with Gasteiger partial charge in [0.15, 0.2) is 0 Å². The third-order valence-electron chi connectivity index (χ3n) is 18.3. The van der Waals surface area contributed by atoms with Crippen LogP contribution in [0.3, 0.4) is 0 Å². The molecule has 0 aliphatic carbocycles. The Bertz CT molecular complexity index is 6000. The Balaban J connectivity index is 0.000000139. The monoisotopic (exact) mass is 1200 g/mol. The third kappa shape index (κ3) is 9.07. The summed E-state index contributed by atoms with van der Waals surface area (Å²) in [6.45, 7) is 0. The Morgan fingerprint density at radius 2 is 0.394 bits per heavy atom. The molecule has 0 aliphatic heterocycles. The smallest absolute Gasteiger partial charge is 0.235 e. The number of hydrogen-bond acceptors (Lipinski definition) is 4. The summed E-state index contributed by atoms with van der Waals surface area (Å²) in [5.41, 5.74) is 21.4. The quantitative estimate of drug-likeness (QED) is 0.144. The molecular weight excluding hydrogens is 1150 g/mol. The Morgan fingerprint density at radius 3 is 0.713 bits per heavy atom. The first-order chi connectivity index (χ1) is 46.7. The van der Waals surface area contributed by atoms with E-state index in [1.807, 2.05) is 24.3 Å². The van der Waals surface area contributed by atoms with Crippen LogP contribution in [0.4, 0.5) is 0 Å². The van der Waals surface area contributed by atoms with E-state index in [0.717, 1.165) is 78.5 Å². The zero-order chi connectivity index (χ0) is 62.1. The first kappa shape index (κ1) is 54.2. The lowest BCUT2D eigenvalue weighted by Gasteiger charge is -2.12. The summed E-state index contributed by atoms with van der Waals surface area (Å²) in [6.07, 6.45) is 0. The molecule has 0 N–H and O–H groups in total. The number of para-hydroxylation sites is 6. The standard InChI is InChI=1S/C46H30N4.C40H26N4/c1-4-14-31(15-5-1)32-24-26-34(27-25-32)39-30-38(33-16-6-2-7-17-33)47-46(48-39)50-41-23-13-11-21-37(41)45-43(50)29-28-42-44(45)36-20-10-12-22-40(36)49(42)35-18-8-3-9-19-35;1-4-14-27(15-5-1)32-26-33(28-16-6-2-7-17-28)42-40(41-32)44-35-23-13-11-21-31(35)39-37(44)25-24-36-38(39)30-20-10-12-22-34(30)43(36)29-18-8-3-9-19-29/h1-30H;1-26H. The van der Waals surface area contributed by atoms with Crippen LogP contribution in [0.2, 0.25) is 0 Å². The molecule has 0 radical (unpaired) electrons. The van der Waals surface area contributed by atoms with Crippen molar-refractivity contribution in [1.29, 1.82) is 0 Å². The molecule has 0 amide bonds. The predicted octanol–water partition coefficient (Wildman–Crippen LogP) is 21.7. The maximum Gasteiger partial charge on any atom is 0.235 e. The minimum Gasteiger partial charge on any atom is -0.309 e. The number of nitrogens with zero attached hydrogens (tertiary/aromatic N) is 8. The van der Waals surface area contributed by atoms with Crippen LogP contribution in [-0.4, -0.2) is 38.2 Å². The van der Waals surface area contributed by atoms with E-state index >= 15 is 0 Å². The largest absolute Gasteiger partial charge is 0.309 e. The van der Waals surface area contributed by atoms with E-state index in [1.54, 1.807) is 0 Å². The molecule has 8 heteroatoms. The number of fused-ring (bicyclic) bond motifs is 14. The number of hydrogen-bond donors (Lipinski definition) is 0. The zero-order valence-corrected chi connectivity index (χ0v) is 50.9. The van der Waals surface area contributed by atoms with E-state index in [2.05, 4.69) is 334 Å². The van der Waals surface area contributed by atoms with Gasteiger partial charge in [0.2, 0.25) is 11.9 Å². The minimum absolute atomic E-state index is 0.644. The van der Waals surface area contributed by atoms with E-state index in [0.29, 0.717) is 11.9 Å². The molecule has 13 aromatic carbocycles. The molecule has 0 atom stereocenters. The van der Waals surface area contributed by atoms with Gasteiger partial charge in [-0.15, -0.1) is 0 Å². The van der Waals surface area contributed by atoms with Gasteiger partial charge in [-0.05, 0) is 96.1 Å². The van der Waals surface area contributed by atoms with Crippen LogP contribution in [-0.2, 0) is 0 Å². The minimum atomic E-state index is 0.644. The van der Waals surface area contributed by atoms with Crippen molar-refractivity contribution in [3.05, 3.63) is 340 Å². The van der Waals surface area contributed by atoms with Gasteiger partial charge < -0.3 is 9.13 Å². The molecule has 0 aliphatic rings. The van der Waals surface area contributed by atoms with Gasteiger partial charge in [0.25, 0.3) is 0 Å². The molecule has 0 saturated heterocycles. The van der Waals surface area contributed by atoms with Crippen molar-refractivity contribution in [2.24, 2.45) is 0 Å². The van der Waals surface area contributed by atoms with E-state index < -0.39 is 0 Å². The van der Waals surface area contributed by atoms with Crippen LogP contribution in [0.5, 0.6) is 0 Å². The van der Waals surface area contributed by atoms with Crippen molar-refractivity contribution in [3.8, 4) is 79.4 Å². The Labute approximate surface area is 541 Å². The highest BCUT2D eigenvalue weighted by molar-refractivity contribution is 6.30. The molecule has 6 heterocycles. The van der Waals surface area contributed by atoms with Crippen LogP contribution < -0.4 is 0 Å². The van der Waals surface area contributed by atoms with Gasteiger partial charge in [-0.1, -0.05) is 255 Å². The third-order valence-corrected chi connectivity index (χ3v) is 18.3. The van der Waals surface area contributed by atoms with Crippen molar-refractivity contribution in [2.75, 3.05) is 0 Å². The molecule has 0 unspecified atom stereocenters. The molecule has 19 rings (SSSR count). The first-order valence-electron chi connectivity index (χ1n) is 31.8. The summed E-state index contributed by atoms with van der Waals surface area (Å²) in [6, 6.07) is 119. The van der Waals surface area contributed by atoms with Gasteiger partial charge in [0, 0.05) is 76.7 Å². The van der Waals surface area contributed by atoms with Crippen LogP contribution in [0.15, 0.2) is 340 Å². The highest BCUT2D eigenvalue weighted by atomic mass is 15.2. The van der Waals surface area contributed by atoms with E-state index in [-0.39, 0.29) is 0 Å². The Morgan fingerprint density at radius 1 is 0.170 bits per heavy atom. The number of aromatic nitrogens is 8. The van der Waals surface area contributed by atoms with Crippen LogP contribution in [0.1, 0.15) is 0 Å². The van der Waals surface area contributed by atoms with Gasteiger partial charge in [-0.2, -0.15) is 0 Å². The average molecular weight is 1200 g/mol. The van der Waals surface area contributed by atoms with Gasteiger partial charge in [-0.25, -0.2) is 19.9 Å². The van der Waals surface area contributed by atoms with E-state index in [9.17, 15) is 0 Å². The van der Waals surface area contributed by atoms with Crippen molar-refractivity contribution >= 4 is 87.2 Å². The van der Waals surface area contributed by atoms with Gasteiger partial charge >= 0.3 is 0 Å². The van der Waals surface area contributed by atoms with Crippen molar-refractivity contribution in [3.63, 3.8) is 0 Å². The number of rotatable bonds is 9. The lowest BCUT2D eigenvalue weighted by molar-refractivity contribution is 0.995. The fourth-order valence-electron chi connectivity index (χ4n) is 14.1. The summed E-state index contributed by atoms with van der Waals surface area (Å²) >= 11 is 0. The van der Waals surface area contributed by atoms with Crippen molar-refractivity contribution in [1.82, 2.24) is 38.2 Å². The summed E-state index contributed by atoms with van der Waals surface area (Å²) in [5, 5.41) is 9.67. The molecule has 6 aromatic heterocycles. The second-order valence-electron chi connectivity index (χ2n) is 23.7. The normalized spacial score (nSPS) is 11.6. The maximum absolute atomic E-state index is 5.32.